The van der Waals surface area contributed by atoms with Gasteiger partial charge >= 0.3 is 6.18 Å². The Bertz CT molecular complexity index is 914. The Hall–Kier alpha value is -3.15. The number of piperidine rings is 1. The van der Waals surface area contributed by atoms with Gasteiger partial charge in [-0.25, -0.2) is 9.37 Å². The van der Waals surface area contributed by atoms with Gasteiger partial charge in [0, 0.05) is 31.7 Å². The van der Waals surface area contributed by atoms with Crippen molar-refractivity contribution in [3.8, 4) is 6.07 Å². The second-order valence-electron chi connectivity index (χ2n) is 6.80. The molecule has 1 aromatic carbocycles. The quantitative estimate of drug-likeness (QED) is 0.788. The summed E-state index contributed by atoms with van der Waals surface area (Å²) in [6.45, 7) is 0.827. The molecule has 9 heteroatoms. The van der Waals surface area contributed by atoms with E-state index in [4.69, 9.17) is 5.26 Å². The van der Waals surface area contributed by atoms with E-state index < -0.39 is 17.6 Å². The maximum atomic E-state index is 13.2. The van der Waals surface area contributed by atoms with Crippen LogP contribution in [0.3, 0.4) is 0 Å². The van der Waals surface area contributed by atoms with Crippen molar-refractivity contribution >= 4 is 11.7 Å². The first-order valence-electron chi connectivity index (χ1n) is 9.02. The van der Waals surface area contributed by atoms with Gasteiger partial charge in [-0.2, -0.15) is 18.4 Å². The highest BCUT2D eigenvalue weighted by molar-refractivity contribution is 5.79. The average molecular weight is 406 g/mol. The standard InChI is InChI=1S/C20H18F4N4O/c21-16-3-2-15(17(9-16)20(22,23)24)12-27-19(29)14-5-7-28(8-6-14)18-4-1-13(10-25)11-26-18/h1-4,9,11,14H,5-8,12H2,(H,27,29). The molecule has 5 nitrogen and oxygen atoms in total. The molecule has 3 rings (SSSR count). The highest BCUT2D eigenvalue weighted by Gasteiger charge is 2.34. The molecule has 0 unspecified atom stereocenters. The van der Waals surface area contributed by atoms with Crippen molar-refractivity contribution in [1.29, 1.82) is 5.26 Å². The molecule has 1 aliphatic rings. The fraction of sp³-hybridized carbons (Fsp3) is 0.350. The summed E-state index contributed by atoms with van der Waals surface area (Å²) in [5.74, 6) is -0.908. The number of amides is 1. The Balaban J connectivity index is 1.56. The minimum Gasteiger partial charge on any atom is -0.357 e. The third-order valence-corrected chi connectivity index (χ3v) is 4.90. The summed E-state index contributed by atoms with van der Waals surface area (Å²) in [4.78, 5) is 18.6. The summed E-state index contributed by atoms with van der Waals surface area (Å²) in [7, 11) is 0. The number of rotatable bonds is 4. The van der Waals surface area contributed by atoms with Crippen molar-refractivity contribution in [2.75, 3.05) is 18.0 Å². The minimum atomic E-state index is -4.69. The molecule has 0 bridgehead atoms. The number of nitriles is 1. The van der Waals surface area contributed by atoms with Gasteiger partial charge in [0.1, 0.15) is 17.7 Å². The Morgan fingerprint density at radius 3 is 2.55 bits per heavy atom. The molecule has 0 saturated carbocycles. The van der Waals surface area contributed by atoms with Crippen molar-refractivity contribution in [2.45, 2.75) is 25.6 Å². The van der Waals surface area contributed by atoms with Crippen LogP contribution in [0.25, 0.3) is 0 Å². The van der Waals surface area contributed by atoms with E-state index in [0.29, 0.717) is 43.4 Å². The highest BCUT2D eigenvalue weighted by Crippen LogP contribution is 2.32. The van der Waals surface area contributed by atoms with Gasteiger partial charge in [0.05, 0.1) is 11.1 Å². The molecule has 2 aromatic rings. The molecule has 1 N–H and O–H groups in total. The number of alkyl halides is 3. The van der Waals surface area contributed by atoms with Crippen molar-refractivity contribution < 1.29 is 22.4 Å². The van der Waals surface area contributed by atoms with Gasteiger partial charge < -0.3 is 10.2 Å². The van der Waals surface area contributed by atoms with Gasteiger partial charge in [0.15, 0.2) is 0 Å². The second kappa shape index (κ2) is 8.47. The van der Waals surface area contributed by atoms with Crippen LogP contribution < -0.4 is 10.2 Å². The van der Waals surface area contributed by atoms with Crippen molar-refractivity contribution in [1.82, 2.24) is 10.3 Å². The Morgan fingerprint density at radius 2 is 1.97 bits per heavy atom. The van der Waals surface area contributed by atoms with Crippen molar-refractivity contribution in [2.24, 2.45) is 5.92 Å². The maximum absolute atomic E-state index is 13.2. The van der Waals surface area contributed by atoms with Gasteiger partial charge in [-0.05, 0) is 42.7 Å². The third kappa shape index (κ3) is 5.02. The van der Waals surface area contributed by atoms with Crippen LogP contribution in [0.15, 0.2) is 36.5 Å². The van der Waals surface area contributed by atoms with Crippen molar-refractivity contribution in [3.05, 3.63) is 59.0 Å². The second-order valence-corrected chi connectivity index (χ2v) is 6.80. The minimum absolute atomic E-state index is 0.175. The molecule has 29 heavy (non-hydrogen) atoms. The average Bonchev–Trinajstić information content (AvgIpc) is 2.72. The zero-order chi connectivity index (χ0) is 21.0. The number of hydrogen-bond acceptors (Lipinski definition) is 4. The van der Waals surface area contributed by atoms with E-state index in [1.54, 1.807) is 12.1 Å². The van der Waals surface area contributed by atoms with Crippen LogP contribution in [-0.2, 0) is 17.5 Å². The summed E-state index contributed by atoms with van der Waals surface area (Å²) >= 11 is 0. The molecule has 1 fully saturated rings. The molecular weight excluding hydrogens is 388 g/mol. The topological polar surface area (TPSA) is 69.0 Å². The first kappa shape index (κ1) is 20.6. The van der Waals surface area contributed by atoms with Crippen LogP contribution in [0.1, 0.15) is 29.5 Å². The molecule has 0 spiro atoms. The molecule has 1 saturated heterocycles. The fourth-order valence-corrected chi connectivity index (χ4v) is 3.30. The lowest BCUT2D eigenvalue weighted by Gasteiger charge is -2.32. The molecule has 152 valence electrons. The summed E-state index contributed by atoms with van der Waals surface area (Å²) in [5, 5.41) is 11.4. The SMILES string of the molecule is N#Cc1ccc(N2CCC(C(=O)NCc3ccc(F)cc3C(F)(F)F)CC2)nc1. The third-order valence-electron chi connectivity index (χ3n) is 4.90. The number of carbonyl (C=O) groups is 1. The van der Waals surface area contributed by atoms with E-state index in [0.717, 1.165) is 12.1 Å². The van der Waals surface area contributed by atoms with Crippen molar-refractivity contribution in [3.63, 3.8) is 0 Å². The number of hydrogen-bond donors (Lipinski definition) is 1. The summed E-state index contributed by atoms with van der Waals surface area (Å²) in [5.41, 5.74) is -0.798. The smallest absolute Gasteiger partial charge is 0.357 e. The monoisotopic (exact) mass is 406 g/mol. The molecule has 0 aliphatic carbocycles. The largest absolute Gasteiger partial charge is 0.416 e. The number of anilines is 1. The summed E-state index contributed by atoms with van der Waals surface area (Å²) in [6.07, 6.45) is -2.15. The van der Waals surface area contributed by atoms with E-state index in [9.17, 15) is 22.4 Å². The van der Waals surface area contributed by atoms with Gasteiger partial charge in [-0.3, -0.25) is 4.79 Å². The van der Waals surface area contributed by atoms with Crippen LogP contribution in [0.4, 0.5) is 23.4 Å². The van der Waals surface area contributed by atoms with Gasteiger partial charge in [0.2, 0.25) is 5.91 Å². The zero-order valence-electron chi connectivity index (χ0n) is 15.3. The van der Waals surface area contributed by atoms with Crippen LogP contribution in [0.2, 0.25) is 0 Å². The van der Waals surface area contributed by atoms with Gasteiger partial charge in [-0.15, -0.1) is 0 Å². The lowest BCUT2D eigenvalue weighted by molar-refractivity contribution is -0.138. The molecule has 0 radical (unpaired) electrons. The number of aromatic nitrogens is 1. The lowest BCUT2D eigenvalue weighted by atomic mass is 9.95. The number of pyridine rings is 1. The maximum Gasteiger partial charge on any atom is 0.416 e. The summed E-state index contributed by atoms with van der Waals surface area (Å²) in [6, 6.07) is 7.83. The number of nitrogens with zero attached hydrogens (tertiary/aromatic N) is 3. The van der Waals surface area contributed by atoms with E-state index in [1.165, 1.54) is 6.20 Å². The Morgan fingerprint density at radius 1 is 1.24 bits per heavy atom. The Labute approximate surface area is 165 Å². The van der Waals surface area contributed by atoms with Crippen LogP contribution >= 0.6 is 0 Å². The zero-order valence-corrected chi connectivity index (χ0v) is 15.3. The Kier molecular flexibility index (Phi) is 6.01. The molecule has 2 heterocycles. The first-order chi connectivity index (χ1) is 13.8. The van der Waals surface area contributed by atoms with E-state index in [-0.39, 0.29) is 23.9 Å². The molecule has 1 aromatic heterocycles. The highest BCUT2D eigenvalue weighted by atomic mass is 19.4. The predicted octanol–water partition coefficient (Wildman–Crippen LogP) is 3.64. The van der Waals surface area contributed by atoms with E-state index >= 15 is 0 Å². The lowest BCUT2D eigenvalue weighted by Crippen LogP contribution is -2.40. The van der Waals surface area contributed by atoms with E-state index in [1.807, 2.05) is 11.0 Å². The van der Waals surface area contributed by atoms with Gasteiger partial charge in [0.25, 0.3) is 0 Å². The normalized spacial score (nSPS) is 15.1. The first-order valence-corrected chi connectivity index (χ1v) is 9.02. The molecular formula is C20H18F4N4O. The van der Waals surface area contributed by atoms with Crippen LogP contribution in [-0.4, -0.2) is 24.0 Å². The fourth-order valence-electron chi connectivity index (χ4n) is 3.30. The molecule has 1 aliphatic heterocycles. The van der Waals surface area contributed by atoms with Gasteiger partial charge in [-0.1, -0.05) is 6.07 Å². The summed E-state index contributed by atoms with van der Waals surface area (Å²) < 4.78 is 52.3. The molecule has 0 atom stereocenters. The van der Waals surface area contributed by atoms with E-state index in [2.05, 4.69) is 10.3 Å². The number of halogens is 4. The van der Waals surface area contributed by atoms with Crippen LogP contribution in [0, 0.1) is 23.1 Å². The number of nitrogens with one attached hydrogen (secondary N) is 1. The van der Waals surface area contributed by atoms with Crippen LogP contribution in [0.5, 0.6) is 0 Å². The molecule has 1 amide bonds. The number of benzene rings is 1. The predicted molar refractivity (Wildman–Crippen MR) is 97.1 cm³/mol. The number of carbonyl (C=O) groups excluding carboxylic acids is 1.